The van der Waals surface area contributed by atoms with Crippen molar-refractivity contribution in [2.75, 3.05) is 16.8 Å². The number of anilines is 2. The van der Waals surface area contributed by atoms with Gasteiger partial charge in [0, 0.05) is 49.5 Å². The zero-order valence-corrected chi connectivity index (χ0v) is 20.7. The lowest BCUT2D eigenvalue weighted by molar-refractivity contribution is -0.117. The van der Waals surface area contributed by atoms with Crippen LogP contribution in [0, 0.1) is 5.92 Å². The van der Waals surface area contributed by atoms with Crippen LogP contribution in [0.1, 0.15) is 60.6 Å². The molecule has 0 bridgehead atoms. The van der Waals surface area contributed by atoms with E-state index in [2.05, 4.69) is 48.0 Å². The molecule has 37 heavy (non-hydrogen) atoms. The molecule has 7 rings (SSSR count). The van der Waals surface area contributed by atoms with Crippen LogP contribution in [0.15, 0.2) is 49.2 Å². The maximum atomic E-state index is 12.9. The van der Waals surface area contributed by atoms with Crippen molar-refractivity contribution in [3.8, 4) is 0 Å². The number of nitrogens with zero attached hydrogens (tertiary/aromatic N) is 7. The summed E-state index contributed by atoms with van der Waals surface area (Å²) in [6.45, 7) is 0.424. The average Bonchev–Trinajstić information content (AvgIpc) is 3.81. The summed E-state index contributed by atoms with van der Waals surface area (Å²) in [5, 5.41) is 13.8. The van der Waals surface area contributed by atoms with E-state index in [0.29, 0.717) is 47.9 Å². The highest BCUT2D eigenvalue weighted by Gasteiger charge is 2.46. The van der Waals surface area contributed by atoms with Gasteiger partial charge in [0.15, 0.2) is 0 Å². The highest BCUT2D eigenvalue weighted by molar-refractivity contribution is 6.29. The molecule has 4 atom stereocenters. The van der Waals surface area contributed by atoms with Gasteiger partial charge < -0.3 is 19.7 Å². The lowest BCUT2D eigenvalue weighted by atomic mass is 10.1. The van der Waals surface area contributed by atoms with Gasteiger partial charge in [0.1, 0.15) is 34.6 Å². The summed E-state index contributed by atoms with van der Waals surface area (Å²) in [6, 6.07) is 7.45. The SMILES string of the molecule is O=C(Nc1cc(N2C[C@@H](O)C[C@@H]2c2cn3cc(C4CC4)ccc3n2)ncn1)[C@H]1C[C@@H]1c1nccc(Cl)n1. The van der Waals surface area contributed by atoms with Crippen molar-refractivity contribution in [1.82, 2.24) is 29.3 Å². The summed E-state index contributed by atoms with van der Waals surface area (Å²) in [6.07, 6.45) is 10.5. The summed E-state index contributed by atoms with van der Waals surface area (Å²) in [5.41, 5.74) is 3.12. The second-order valence-electron chi connectivity index (χ2n) is 10.2. The Hall–Kier alpha value is -3.63. The number of amides is 1. The first-order valence-corrected chi connectivity index (χ1v) is 12.9. The van der Waals surface area contributed by atoms with E-state index in [4.69, 9.17) is 16.6 Å². The number of hydrogen-bond acceptors (Lipinski definition) is 8. The third kappa shape index (κ3) is 4.40. The highest BCUT2D eigenvalue weighted by atomic mass is 35.5. The van der Waals surface area contributed by atoms with Crippen LogP contribution in [0.3, 0.4) is 0 Å². The number of nitrogens with one attached hydrogen (secondary N) is 1. The first-order valence-electron chi connectivity index (χ1n) is 12.6. The summed E-state index contributed by atoms with van der Waals surface area (Å²) >= 11 is 5.97. The molecule has 0 unspecified atom stereocenters. The average molecular weight is 517 g/mol. The van der Waals surface area contributed by atoms with Gasteiger partial charge >= 0.3 is 0 Å². The number of hydrogen-bond donors (Lipinski definition) is 2. The zero-order valence-electron chi connectivity index (χ0n) is 19.9. The van der Waals surface area contributed by atoms with E-state index < -0.39 is 6.10 Å². The fourth-order valence-corrected chi connectivity index (χ4v) is 5.43. The Bertz CT molecular complexity index is 1500. The summed E-state index contributed by atoms with van der Waals surface area (Å²) in [5.74, 6) is 1.89. The lowest BCUT2D eigenvalue weighted by Gasteiger charge is -2.24. The normalized spacial score (nSPS) is 25.0. The molecule has 2 saturated carbocycles. The van der Waals surface area contributed by atoms with Crippen LogP contribution < -0.4 is 10.2 Å². The molecule has 2 N–H and O–H groups in total. The van der Waals surface area contributed by atoms with E-state index in [9.17, 15) is 9.90 Å². The number of imidazole rings is 1. The molecule has 0 aromatic carbocycles. The van der Waals surface area contributed by atoms with Crippen LogP contribution in [0.4, 0.5) is 11.6 Å². The van der Waals surface area contributed by atoms with E-state index >= 15 is 0 Å². The topological polar surface area (TPSA) is 121 Å². The molecule has 4 aromatic heterocycles. The van der Waals surface area contributed by atoms with Crippen molar-refractivity contribution < 1.29 is 9.90 Å². The predicted molar refractivity (Wildman–Crippen MR) is 136 cm³/mol. The molecular formula is C26H25ClN8O2. The molecule has 10 nitrogen and oxygen atoms in total. The Morgan fingerprint density at radius 3 is 2.81 bits per heavy atom. The number of carbonyl (C=O) groups excluding carboxylic acids is 1. The molecule has 5 heterocycles. The Labute approximate surface area is 217 Å². The minimum Gasteiger partial charge on any atom is -0.391 e. The number of pyridine rings is 1. The van der Waals surface area contributed by atoms with Gasteiger partial charge in [0.05, 0.1) is 17.8 Å². The van der Waals surface area contributed by atoms with Crippen molar-refractivity contribution >= 4 is 34.8 Å². The Morgan fingerprint density at radius 2 is 1.97 bits per heavy atom. The van der Waals surface area contributed by atoms with E-state index in [-0.39, 0.29) is 23.8 Å². The molecule has 1 saturated heterocycles. The second-order valence-corrected chi connectivity index (χ2v) is 10.5. The highest BCUT2D eigenvalue weighted by Crippen LogP contribution is 2.47. The van der Waals surface area contributed by atoms with Crippen molar-refractivity contribution in [3.63, 3.8) is 0 Å². The maximum absolute atomic E-state index is 12.9. The first kappa shape index (κ1) is 22.6. The molecule has 0 spiro atoms. The molecule has 11 heteroatoms. The lowest BCUT2D eigenvalue weighted by Crippen LogP contribution is -2.26. The van der Waals surface area contributed by atoms with Gasteiger partial charge in [-0.25, -0.2) is 24.9 Å². The molecule has 1 amide bonds. The van der Waals surface area contributed by atoms with Gasteiger partial charge in [0.2, 0.25) is 5.91 Å². The molecule has 1 aliphatic heterocycles. The standard InChI is InChI=1S/C26H25ClN8O2/c27-21-5-6-28-25(32-21)17-8-18(17)26(37)33-22-9-24(30-13-29-22)35-11-16(36)7-20(35)19-12-34-10-15(14-1-2-14)3-4-23(34)31-19/h3-6,9-10,12-14,16-18,20,36H,1-2,7-8,11H2,(H,29,30,33,37)/t16-,17-,18-,20+/m0/s1. The van der Waals surface area contributed by atoms with Crippen molar-refractivity contribution in [2.45, 2.75) is 49.7 Å². The number of halogens is 1. The van der Waals surface area contributed by atoms with Crippen LogP contribution in [-0.2, 0) is 4.79 Å². The number of carbonyl (C=O) groups is 1. The van der Waals surface area contributed by atoms with Gasteiger partial charge in [-0.15, -0.1) is 0 Å². The van der Waals surface area contributed by atoms with Gasteiger partial charge in [-0.2, -0.15) is 0 Å². The fraction of sp³-hybridized carbons (Fsp3) is 0.385. The summed E-state index contributed by atoms with van der Waals surface area (Å²) in [7, 11) is 0. The molecule has 188 valence electrons. The van der Waals surface area contributed by atoms with Gasteiger partial charge in [-0.1, -0.05) is 17.7 Å². The minimum atomic E-state index is -0.505. The van der Waals surface area contributed by atoms with Crippen LogP contribution in [0.2, 0.25) is 5.15 Å². The molecule has 0 radical (unpaired) electrons. The number of β-amino-alcohol motifs (C(OH)–C–C–N with tert-alkyl or cyclic N) is 1. The largest absolute Gasteiger partial charge is 0.391 e. The van der Waals surface area contributed by atoms with Crippen LogP contribution >= 0.6 is 11.6 Å². The van der Waals surface area contributed by atoms with Gasteiger partial charge in [0.25, 0.3) is 0 Å². The first-order chi connectivity index (χ1) is 18.0. The van der Waals surface area contributed by atoms with Crippen LogP contribution in [0.25, 0.3) is 5.65 Å². The zero-order chi connectivity index (χ0) is 25.1. The van der Waals surface area contributed by atoms with E-state index in [0.717, 1.165) is 11.3 Å². The van der Waals surface area contributed by atoms with Crippen LogP contribution in [0.5, 0.6) is 0 Å². The van der Waals surface area contributed by atoms with E-state index in [1.807, 2.05) is 11.1 Å². The number of aliphatic hydroxyl groups excluding tert-OH is 1. The third-order valence-electron chi connectivity index (χ3n) is 7.46. The van der Waals surface area contributed by atoms with Crippen molar-refractivity contribution in [3.05, 3.63) is 71.4 Å². The number of aromatic nitrogens is 6. The monoisotopic (exact) mass is 516 g/mol. The van der Waals surface area contributed by atoms with Gasteiger partial charge in [-0.05, 0) is 42.9 Å². The Morgan fingerprint density at radius 1 is 1.08 bits per heavy atom. The Kier molecular flexibility index (Phi) is 5.33. The number of aliphatic hydroxyl groups is 1. The molecule has 3 aliphatic rings. The summed E-state index contributed by atoms with van der Waals surface area (Å²) < 4.78 is 2.08. The predicted octanol–water partition coefficient (Wildman–Crippen LogP) is 3.50. The maximum Gasteiger partial charge on any atom is 0.229 e. The quantitative estimate of drug-likeness (QED) is 0.373. The third-order valence-corrected chi connectivity index (χ3v) is 7.67. The molecular weight excluding hydrogens is 492 g/mol. The molecule has 4 aromatic rings. The van der Waals surface area contributed by atoms with Gasteiger partial charge in [-0.3, -0.25) is 4.79 Å². The van der Waals surface area contributed by atoms with Crippen molar-refractivity contribution in [1.29, 1.82) is 0 Å². The summed E-state index contributed by atoms with van der Waals surface area (Å²) in [4.78, 5) is 36.9. The van der Waals surface area contributed by atoms with Crippen molar-refractivity contribution in [2.24, 2.45) is 5.92 Å². The number of fused-ring (bicyclic) bond motifs is 1. The molecule has 2 aliphatic carbocycles. The van der Waals surface area contributed by atoms with E-state index in [1.165, 1.54) is 24.7 Å². The number of rotatable bonds is 6. The second kappa shape index (κ2) is 8.74. The van der Waals surface area contributed by atoms with E-state index in [1.54, 1.807) is 18.3 Å². The molecule has 3 fully saturated rings. The minimum absolute atomic E-state index is 0.0476. The fourth-order valence-electron chi connectivity index (χ4n) is 5.29. The smallest absolute Gasteiger partial charge is 0.229 e. The Balaban J connectivity index is 1.09. The van der Waals surface area contributed by atoms with Crippen LogP contribution in [-0.4, -0.2) is 53.0 Å².